The first-order chi connectivity index (χ1) is 16.6. The Morgan fingerprint density at radius 2 is 1.65 bits per heavy atom. The molecule has 0 saturated carbocycles. The molecule has 3 aromatic carbocycles. The van der Waals surface area contributed by atoms with Crippen molar-refractivity contribution in [3.05, 3.63) is 88.9 Å². The normalized spacial score (nSPS) is 13.8. The molecule has 5 rings (SSSR count). The van der Waals surface area contributed by atoms with E-state index in [1.807, 2.05) is 84.6 Å². The van der Waals surface area contributed by atoms with Crippen molar-refractivity contribution in [3.8, 4) is 17.0 Å². The van der Waals surface area contributed by atoms with Gasteiger partial charge in [-0.1, -0.05) is 58.4 Å². The topological polar surface area (TPSA) is 45.7 Å². The Morgan fingerprint density at radius 1 is 0.941 bits per heavy atom. The first-order valence-corrected chi connectivity index (χ1v) is 12.3. The molecular weight excluding hydrogens is 490 g/mol. The van der Waals surface area contributed by atoms with Gasteiger partial charge in [-0.15, -0.1) is 0 Å². The minimum Gasteiger partial charge on any atom is -0.492 e. The number of hydrogen-bond donors (Lipinski definition) is 0. The number of para-hydroxylation sites is 3. The monoisotopic (exact) mass is 515 g/mol. The summed E-state index contributed by atoms with van der Waals surface area (Å²) in [5.41, 5.74) is 4.41. The summed E-state index contributed by atoms with van der Waals surface area (Å²) >= 11 is 3.49. The van der Waals surface area contributed by atoms with Crippen LogP contribution in [0.2, 0.25) is 0 Å². The Labute approximate surface area is 208 Å². The highest BCUT2D eigenvalue weighted by Gasteiger charge is 2.25. The summed E-state index contributed by atoms with van der Waals surface area (Å²) in [4.78, 5) is 22.8. The van der Waals surface area contributed by atoms with Crippen molar-refractivity contribution in [2.75, 3.05) is 37.7 Å². The van der Waals surface area contributed by atoms with Gasteiger partial charge in [-0.3, -0.25) is 4.79 Å². The lowest BCUT2D eigenvalue weighted by molar-refractivity contribution is 0.0748. The van der Waals surface area contributed by atoms with Crippen molar-refractivity contribution in [2.45, 2.75) is 6.92 Å². The zero-order chi connectivity index (χ0) is 23.5. The van der Waals surface area contributed by atoms with Crippen LogP contribution < -0.4 is 9.64 Å². The van der Waals surface area contributed by atoms with E-state index in [0.717, 1.165) is 51.2 Å². The molecule has 0 spiro atoms. The predicted octanol–water partition coefficient (Wildman–Crippen LogP) is 6.03. The van der Waals surface area contributed by atoms with Crippen molar-refractivity contribution in [3.63, 3.8) is 0 Å². The van der Waals surface area contributed by atoms with Crippen molar-refractivity contribution in [1.29, 1.82) is 0 Å². The summed E-state index contributed by atoms with van der Waals surface area (Å²) in [7, 11) is 0. The summed E-state index contributed by atoms with van der Waals surface area (Å²) in [6, 6.07) is 25.9. The molecule has 0 bridgehead atoms. The zero-order valence-electron chi connectivity index (χ0n) is 19.1. The predicted molar refractivity (Wildman–Crippen MR) is 141 cm³/mol. The molecule has 5 nitrogen and oxygen atoms in total. The van der Waals surface area contributed by atoms with Gasteiger partial charge in [0.1, 0.15) is 5.75 Å². The van der Waals surface area contributed by atoms with Crippen LogP contribution in [0.1, 0.15) is 17.3 Å². The van der Waals surface area contributed by atoms with Gasteiger partial charge in [0.25, 0.3) is 5.91 Å². The van der Waals surface area contributed by atoms with E-state index in [-0.39, 0.29) is 5.91 Å². The molecule has 0 atom stereocenters. The molecule has 1 amide bonds. The standard InChI is InChI=1S/C28H26BrN3O2/c1-2-34-27-10-6-5-9-26(27)31-15-17-32(18-16-31)28(33)23-19-25(20-11-13-21(29)14-12-20)30-24-8-4-3-7-22(23)24/h3-14,19H,2,15-18H2,1H3. The molecule has 1 aromatic heterocycles. The second kappa shape index (κ2) is 9.85. The van der Waals surface area contributed by atoms with Crippen molar-refractivity contribution < 1.29 is 9.53 Å². The Balaban J connectivity index is 1.41. The van der Waals surface area contributed by atoms with E-state index < -0.39 is 0 Å². The number of aromatic nitrogens is 1. The Kier molecular flexibility index (Phi) is 6.50. The molecule has 0 N–H and O–H groups in total. The molecule has 1 aliphatic rings. The largest absolute Gasteiger partial charge is 0.492 e. The number of fused-ring (bicyclic) bond motifs is 1. The number of pyridine rings is 1. The molecule has 2 heterocycles. The fourth-order valence-corrected chi connectivity index (χ4v) is 4.70. The van der Waals surface area contributed by atoms with E-state index in [0.29, 0.717) is 25.3 Å². The van der Waals surface area contributed by atoms with E-state index in [9.17, 15) is 4.79 Å². The van der Waals surface area contributed by atoms with Gasteiger partial charge in [-0.05, 0) is 43.3 Å². The second-order valence-corrected chi connectivity index (χ2v) is 9.17. The molecule has 0 aliphatic carbocycles. The number of piperazine rings is 1. The molecule has 1 fully saturated rings. The van der Waals surface area contributed by atoms with Gasteiger partial charge < -0.3 is 14.5 Å². The van der Waals surface area contributed by atoms with Crippen molar-refractivity contribution in [1.82, 2.24) is 9.88 Å². The number of rotatable bonds is 5. The maximum absolute atomic E-state index is 13.7. The molecule has 4 aromatic rings. The summed E-state index contributed by atoms with van der Waals surface area (Å²) < 4.78 is 6.82. The first kappa shape index (κ1) is 22.4. The minimum absolute atomic E-state index is 0.0507. The number of halogens is 1. The van der Waals surface area contributed by atoms with Gasteiger partial charge in [-0.2, -0.15) is 0 Å². The highest BCUT2D eigenvalue weighted by Crippen LogP contribution is 2.30. The third kappa shape index (κ3) is 4.50. The maximum Gasteiger partial charge on any atom is 0.254 e. The van der Waals surface area contributed by atoms with Gasteiger partial charge in [0.05, 0.1) is 29.1 Å². The SMILES string of the molecule is CCOc1ccccc1N1CCN(C(=O)c2cc(-c3ccc(Br)cc3)nc3ccccc23)CC1. The lowest BCUT2D eigenvalue weighted by atomic mass is 10.0. The smallest absolute Gasteiger partial charge is 0.254 e. The molecule has 0 radical (unpaired) electrons. The molecule has 6 heteroatoms. The quantitative estimate of drug-likeness (QED) is 0.325. The maximum atomic E-state index is 13.7. The van der Waals surface area contributed by atoms with E-state index in [2.05, 4.69) is 26.9 Å². The van der Waals surface area contributed by atoms with E-state index in [1.54, 1.807) is 0 Å². The van der Waals surface area contributed by atoms with Gasteiger partial charge >= 0.3 is 0 Å². The number of anilines is 1. The molecule has 34 heavy (non-hydrogen) atoms. The van der Waals surface area contributed by atoms with E-state index in [1.165, 1.54) is 0 Å². The minimum atomic E-state index is 0.0507. The molecule has 0 unspecified atom stereocenters. The average Bonchev–Trinajstić information content (AvgIpc) is 2.89. The van der Waals surface area contributed by atoms with Crippen LogP contribution in [0.15, 0.2) is 83.3 Å². The van der Waals surface area contributed by atoms with Crippen LogP contribution in [-0.4, -0.2) is 48.6 Å². The number of ether oxygens (including phenoxy) is 1. The highest BCUT2D eigenvalue weighted by atomic mass is 79.9. The molecular formula is C28H26BrN3O2. The third-order valence-electron chi connectivity index (χ3n) is 6.16. The summed E-state index contributed by atoms with van der Waals surface area (Å²) in [5.74, 6) is 0.943. The van der Waals surface area contributed by atoms with Gasteiger partial charge in [0, 0.05) is 41.6 Å². The lowest BCUT2D eigenvalue weighted by Crippen LogP contribution is -2.49. The number of hydrogen-bond acceptors (Lipinski definition) is 4. The highest BCUT2D eigenvalue weighted by molar-refractivity contribution is 9.10. The van der Waals surface area contributed by atoms with Gasteiger partial charge in [-0.25, -0.2) is 4.98 Å². The van der Waals surface area contributed by atoms with E-state index >= 15 is 0 Å². The zero-order valence-corrected chi connectivity index (χ0v) is 20.7. The molecule has 172 valence electrons. The summed E-state index contributed by atoms with van der Waals surface area (Å²) in [6.07, 6.45) is 0. The summed E-state index contributed by atoms with van der Waals surface area (Å²) in [6.45, 7) is 5.46. The average molecular weight is 516 g/mol. The third-order valence-corrected chi connectivity index (χ3v) is 6.69. The number of carbonyl (C=O) groups is 1. The van der Waals surface area contributed by atoms with Crippen molar-refractivity contribution in [2.24, 2.45) is 0 Å². The van der Waals surface area contributed by atoms with Crippen LogP contribution in [0.4, 0.5) is 5.69 Å². The summed E-state index contributed by atoms with van der Waals surface area (Å²) in [5, 5.41) is 0.887. The Bertz CT molecular complexity index is 1320. The van der Waals surface area contributed by atoms with Crippen LogP contribution in [-0.2, 0) is 0 Å². The van der Waals surface area contributed by atoms with Crippen LogP contribution >= 0.6 is 15.9 Å². The Hall–Kier alpha value is -3.38. The molecule has 1 saturated heterocycles. The Morgan fingerprint density at radius 3 is 2.41 bits per heavy atom. The second-order valence-electron chi connectivity index (χ2n) is 8.26. The number of amides is 1. The first-order valence-electron chi connectivity index (χ1n) is 11.6. The molecule has 1 aliphatic heterocycles. The number of carbonyl (C=O) groups excluding carboxylic acids is 1. The fraction of sp³-hybridized carbons (Fsp3) is 0.214. The van der Waals surface area contributed by atoms with Crippen LogP contribution in [0.3, 0.4) is 0 Å². The van der Waals surface area contributed by atoms with Crippen LogP contribution in [0.25, 0.3) is 22.2 Å². The van der Waals surface area contributed by atoms with Crippen molar-refractivity contribution >= 4 is 38.4 Å². The lowest BCUT2D eigenvalue weighted by Gasteiger charge is -2.37. The van der Waals surface area contributed by atoms with Crippen LogP contribution in [0.5, 0.6) is 5.75 Å². The number of nitrogens with zero attached hydrogens (tertiary/aromatic N) is 3. The van der Waals surface area contributed by atoms with Gasteiger partial charge in [0.2, 0.25) is 0 Å². The fourth-order valence-electron chi connectivity index (χ4n) is 4.44. The number of benzene rings is 3. The van der Waals surface area contributed by atoms with Crippen LogP contribution in [0, 0.1) is 0 Å². The van der Waals surface area contributed by atoms with Gasteiger partial charge in [0.15, 0.2) is 0 Å². The van der Waals surface area contributed by atoms with E-state index in [4.69, 9.17) is 9.72 Å².